The van der Waals surface area contributed by atoms with Crippen LogP contribution in [0, 0.1) is 0 Å². The van der Waals surface area contributed by atoms with E-state index >= 15 is 0 Å². The molecule has 0 aromatic rings. The van der Waals surface area contributed by atoms with E-state index in [0.29, 0.717) is 6.61 Å². The van der Waals surface area contributed by atoms with Gasteiger partial charge in [0.1, 0.15) is 0 Å². The fourth-order valence-corrected chi connectivity index (χ4v) is 1.10. The molecule has 0 aromatic heterocycles. The molecular weight excluding hydrogens is 152 g/mol. The summed E-state index contributed by atoms with van der Waals surface area (Å²) in [5.41, 5.74) is 0. The lowest BCUT2D eigenvalue weighted by molar-refractivity contribution is 0.00766. The second-order valence-electron chi connectivity index (χ2n) is 3.20. The minimum atomic E-state index is 0.247. The van der Waals surface area contributed by atoms with Crippen LogP contribution >= 0.6 is 0 Å². The average Bonchev–Trinajstić information content (AvgIpc) is 2.05. The van der Waals surface area contributed by atoms with Gasteiger partial charge in [0.25, 0.3) is 0 Å². The molecule has 0 bridgehead atoms. The predicted molar refractivity (Wildman–Crippen MR) is 51.4 cm³/mol. The van der Waals surface area contributed by atoms with Gasteiger partial charge in [0.05, 0.1) is 12.7 Å². The van der Waals surface area contributed by atoms with Crippen molar-refractivity contribution in [2.24, 2.45) is 0 Å². The third-order valence-electron chi connectivity index (χ3n) is 1.80. The van der Waals surface area contributed by atoms with E-state index in [1.807, 2.05) is 6.92 Å². The highest BCUT2D eigenvalue weighted by Crippen LogP contribution is 2.00. The van der Waals surface area contributed by atoms with Gasteiger partial charge in [0.2, 0.25) is 0 Å². The van der Waals surface area contributed by atoms with Crippen molar-refractivity contribution in [2.75, 3.05) is 20.3 Å². The third-order valence-corrected chi connectivity index (χ3v) is 1.80. The Morgan fingerprint density at radius 2 is 1.92 bits per heavy atom. The van der Waals surface area contributed by atoms with Crippen molar-refractivity contribution in [3.8, 4) is 0 Å². The Kier molecular flexibility index (Phi) is 8.95. The first-order valence-electron chi connectivity index (χ1n) is 4.91. The Bertz CT molecular complexity index is 83.9. The Balaban J connectivity index is 2.97. The largest absolute Gasteiger partial charge is 0.382 e. The van der Waals surface area contributed by atoms with Crippen molar-refractivity contribution in [3.63, 3.8) is 0 Å². The average molecular weight is 174 g/mol. The molecule has 0 amide bonds. The molecule has 0 aliphatic rings. The summed E-state index contributed by atoms with van der Waals surface area (Å²) in [6, 6.07) is 0. The summed E-state index contributed by atoms with van der Waals surface area (Å²) in [5, 5.41) is 0. The number of unbranched alkanes of at least 4 members (excludes halogenated alkanes) is 3. The van der Waals surface area contributed by atoms with E-state index < -0.39 is 0 Å². The highest BCUT2D eigenvalue weighted by Gasteiger charge is 1.99. The lowest BCUT2D eigenvalue weighted by Crippen LogP contribution is -2.15. The van der Waals surface area contributed by atoms with Crippen LogP contribution in [0.2, 0.25) is 0 Å². The molecule has 12 heavy (non-hydrogen) atoms. The summed E-state index contributed by atoms with van der Waals surface area (Å²) in [7, 11) is 1.71. The minimum Gasteiger partial charge on any atom is -0.382 e. The van der Waals surface area contributed by atoms with Crippen molar-refractivity contribution >= 4 is 0 Å². The maximum Gasteiger partial charge on any atom is 0.0780 e. The van der Waals surface area contributed by atoms with Gasteiger partial charge >= 0.3 is 0 Å². The highest BCUT2D eigenvalue weighted by atomic mass is 16.5. The molecule has 0 spiro atoms. The number of hydrogen-bond donors (Lipinski definition) is 0. The Morgan fingerprint density at radius 3 is 2.50 bits per heavy atom. The van der Waals surface area contributed by atoms with Gasteiger partial charge in [-0.2, -0.15) is 0 Å². The Hall–Kier alpha value is -0.0800. The van der Waals surface area contributed by atoms with E-state index in [1.165, 1.54) is 25.7 Å². The van der Waals surface area contributed by atoms with Crippen LogP contribution in [0.5, 0.6) is 0 Å². The van der Waals surface area contributed by atoms with Crippen molar-refractivity contribution in [1.82, 2.24) is 0 Å². The number of ether oxygens (including phenoxy) is 2. The summed E-state index contributed by atoms with van der Waals surface area (Å²) < 4.78 is 10.5. The first-order valence-corrected chi connectivity index (χ1v) is 4.91. The first kappa shape index (κ1) is 11.9. The SMILES string of the molecule is CCCCCCOC(C)COC. The fourth-order valence-electron chi connectivity index (χ4n) is 1.10. The zero-order valence-electron chi connectivity index (χ0n) is 8.64. The molecule has 0 aliphatic carbocycles. The summed E-state index contributed by atoms with van der Waals surface area (Å²) in [5.74, 6) is 0. The van der Waals surface area contributed by atoms with Crippen LogP contribution in [-0.2, 0) is 9.47 Å². The maximum absolute atomic E-state index is 5.50. The summed E-state index contributed by atoms with van der Waals surface area (Å²) in [4.78, 5) is 0. The maximum atomic E-state index is 5.50. The lowest BCUT2D eigenvalue weighted by atomic mass is 10.2. The van der Waals surface area contributed by atoms with E-state index in [1.54, 1.807) is 7.11 Å². The molecule has 0 saturated carbocycles. The predicted octanol–water partition coefficient (Wildman–Crippen LogP) is 2.62. The monoisotopic (exact) mass is 174 g/mol. The second-order valence-corrected chi connectivity index (χ2v) is 3.20. The molecular formula is C10H22O2. The number of hydrogen-bond acceptors (Lipinski definition) is 2. The van der Waals surface area contributed by atoms with E-state index in [0.717, 1.165) is 6.61 Å². The lowest BCUT2D eigenvalue weighted by Gasteiger charge is -2.11. The zero-order chi connectivity index (χ0) is 9.23. The van der Waals surface area contributed by atoms with E-state index in [4.69, 9.17) is 9.47 Å². The van der Waals surface area contributed by atoms with Crippen molar-refractivity contribution in [3.05, 3.63) is 0 Å². The summed E-state index contributed by atoms with van der Waals surface area (Å²) in [6.45, 7) is 5.84. The van der Waals surface area contributed by atoms with Crippen molar-refractivity contribution in [1.29, 1.82) is 0 Å². The highest BCUT2D eigenvalue weighted by molar-refractivity contribution is 4.46. The Morgan fingerprint density at radius 1 is 1.17 bits per heavy atom. The van der Waals surface area contributed by atoms with Gasteiger partial charge in [-0.15, -0.1) is 0 Å². The molecule has 1 atom stereocenters. The molecule has 1 unspecified atom stereocenters. The topological polar surface area (TPSA) is 18.5 Å². The third kappa shape index (κ3) is 8.02. The summed E-state index contributed by atoms with van der Waals surface area (Å²) >= 11 is 0. The molecule has 74 valence electrons. The van der Waals surface area contributed by atoms with Crippen LogP contribution in [0.4, 0.5) is 0 Å². The molecule has 0 saturated heterocycles. The van der Waals surface area contributed by atoms with Crippen LogP contribution in [0.25, 0.3) is 0 Å². The van der Waals surface area contributed by atoms with Gasteiger partial charge in [-0.1, -0.05) is 26.2 Å². The quantitative estimate of drug-likeness (QED) is 0.527. The number of rotatable bonds is 8. The molecule has 0 radical (unpaired) electrons. The zero-order valence-corrected chi connectivity index (χ0v) is 8.64. The van der Waals surface area contributed by atoms with Gasteiger partial charge in [0, 0.05) is 13.7 Å². The molecule has 0 rings (SSSR count). The molecule has 0 aliphatic heterocycles. The van der Waals surface area contributed by atoms with Gasteiger partial charge in [-0.3, -0.25) is 0 Å². The molecule has 0 aromatic carbocycles. The van der Waals surface area contributed by atoms with Crippen LogP contribution < -0.4 is 0 Å². The molecule has 0 heterocycles. The normalized spacial score (nSPS) is 13.2. The van der Waals surface area contributed by atoms with Crippen LogP contribution in [-0.4, -0.2) is 26.4 Å². The summed E-state index contributed by atoms with van der Waals surface area (Å²) in [6.07, 6.45) is 5.32. The van der Waals surface area contributed by atoms with Gasteiger partial charge in [-0.25, -0.2) is 0 Å². The molecule has 2 nitrogen and oxygen atoms in total. The van der Waals surface area contributed by atoms with Gasteiger partial charge in [-0.05, 0) is 13.3 Å². The van der Waals surface area contributed by atoms with E-state index in [-0.39, 0.29) is 6.10 Å². The van der Waals surface area contributed by atoms with Crippen molar-refractivity contribution < 1.29 is 9.47 Å². The molecule has 0 N–H and O–H groups in total. The van der Waals surface area contributed by atoms with E-state index in [2.05, 4.69) is 6.92 Å². The van der Waals surface area contributed by atoms with Crippen LogP contribution in [0.1, 0.15) is 39.5 Å². The fraction of sp³-hybridized carbons (Fsp3) is 1.00. The van der Waals surface area contributed by atoms with Gasteiger partial charge < -0.3 is 9.47 Å². The first-order chi connectivity index (χ1) is 5.81. The molecule has 0 fully saturated rings. The smallest absolute Gasteiger partial charge is 0.0780 e. The Labute approximate surface area is 76.3 Å². The second kappa shape index (κ2) is 9.01. The van der Waals surface area contributed by atoms with Crippen molar-refractivity contribution in [2.45, 2.75) is 45.6 Å². The number of methoxy groups -OCH3 is 1. The van der Waals surface area contributed by atoms with E-state index in [9.17, 15) is 0 Å². The standard InChI is InChI=1S/C10H22O2/c1-4-5-6-7-8-12-10(2)9-11-3/h10H,4-9H2,1-3H3. The minimum absolute atomic E-state index is 0.247. The van der Waals surface area contributed by atoms with Gasteiger partial charge in [0.15, 0.2) is 0 Å². The molecule has 2 heteroatoms. The van der Waals surface area contributed by atoms with Crippen LogP contribution in [0.15, 0.2) is 0 Å². The van der Waals surface area contributed by atoms with Crippen LogP contribution in [0.3, 0.4) is 0 Å².